The lowest BCUT2D eigenvalue weighted by molar-refractivity contribution is 0.0469. The molecule has 0 fully saturated rings. The van der Waals surface area contributed by atoms with Gasteiger partial charge in [0, 0.05) is 5.56 Å². The first kappa shape index (κ1) is 22.2. The zero-order chi connectivity index (χ0) is 23.6. The summed E-state index contributed by atoms with van der Waals surface area (Å²) in [7, 11) is 0. The van der Waals surface area contributed by atoms with E-state index in [1.54, 1.807) is 25.3 Å². The highest BCUT2D eigenvalue weighted by Gasteiger charge is 2.32. The Bertz CT molecular complexity index is 1260. The van der Waals surface area contributed by atoms with Gasteiger partial charge in [-0.15, -0.1) is 5.10 Å². The number of benzene rings is 2. The molecular weight excluding hydrogens is 422 g/mol. The van der Waals surface area contributed by atoms with Crippen molar-refractivity contribution in [1.82, 2.24) is 30.2 Å². The van der Waals surface area contributed by atoms with Crippen LogP contribution < -0.4 is 5.73 Å². The summed E-state index contributed by atoms with van der Waals surface area (Å²) in [5.74, 6) is 0.131. The molecular formula is C23H25N7O3. The zero-order valence-electron chi connectivity index (χ0n) is 18.6. The molecule has 4 rings (SSSR count). The Kier molecular flexibility index (Phi) is 5.93. The first-order valence-corrected chi connectivity index (χ1v) is 10.5. The third-order valence-corrected chi connectivity index (χ3v) is 5.18. The number of hydrogen-bond acceptors (Lipinski definition) is 8. The summed E-state index contributed by atoms with van der Waals surface area (Å²) in [6, 6.07) is 15.7. The number of carbonyl (C=O) groups excluding carboxylic acids is 1. The van der Waals surface area contributed by atoms with Crippen molar-refractivity contribution >= 4 is 11.9 Å². The largest absolute Gasteiger partial charge is 0.461 e. The van der Waals surface area contributed by atoms with Crippen LogP contribution in [0.4, 0.5) is 5.95 Å². The van der Waals surface area contributed by atoms with E-state index in [-0.39, 0.29) is 30.5 Å². The molecule has 0 aliphatic heterocycles. The first-order valence-electron chi connectivity index (χ1n) is 10.5. The van der Waals surface area contributed by atoms with Gasteiger partial charge in [-0.1, -0.05) is 48.5 Å². The predicted molar refractivity (Wildman–Crippen MR) is 122 cm³/mol. The summed E-state index contributed by atoms with van der Waals surface area (Å²) < 4.78 is 6.76. The Labute approximate surface area is 190 Å². The number of anilines is 1. The average Bonchev–Trinajstić information content (AvgIpc) is 3.43. The molecule has 0 amide bonds. The summed E-state index contributed by atoms with van der Waals surface area (Å²) in [4.78, 5) is 16.9. The minimum Gasteiger partial charge on any atom is -0.461 e. The van der Waals surface area contributed by atoms with Gasteiger partial charge in [-0.05, 0) is 47.9 Å². The fraction of sp³-hybridized carbons (Fsp3) is 0.261. The highest BCUT2D eigenvalue weighted by Crippen LogP contribution is 2.31. The number of nitrogens with two attached hydrogens (primary N) is 1. The second-order valence-corrected chi connectivity index (χ2v) is 8.03. The van der Waals surface area contributed by atoms with E-state index < -0.39 is 11.6 Å². The van der Waals surface area contributed by atoms with Crippen LogP contribution in [-0.2, 0) is 16.9 Å². The number of ether oxygens (including phenoxy) is 1. The maximum absolute atomic E-state index is 12.7. The van der Waals surface area contributed by atoms with Crippen LogP contribution in [-0.4, -0.2) is 47.9 Å². The van der Waals surface area contributed by atoms with Crippen LogP contribution in [0, 0.1) is 0 Å². The molecule has 0 unspecified atom stereocenters. The highest BCUT2D eigenvalue weighted by molar-refractivity contribution is 5.90. The van der Waals surface area contributed by atoms with E-state index in [1.165, 1.54) is 0 Å². The molecule has 0 radical (unpaired) electrons. The van der Waals surface area contributed by atoms with E-state index in [0.29, 0.717) is 5.82 Å². The molecule has 2 aromatic heterocycles. The van der Waals surface area contributed by atoms with E-state index >= 15 is 0 Å². The van der Waals surface area contributed by atoms with E-state index in [0.717, 1.165) is 22.3 Å². The van der Waals surface area contributed by atoms with Crippen LogP contribution in [0.2, 0.25) is 0 Å². The quantitative estimate of drug-likeness (QED) is 0.367. The van der Waals surface area contributed by atoms with E-state index in [9.17, 15) is 9.90 Å². The normalized spacial score (nSPS) is 11.5. The fourth-order valence-corrected chi connectivity index (χ4v) is 3.65. The molecule has 0 aliphatic rings. The predicted octanol–water partition coefficient (Wildman–Crippen LogP) is 2.76. The number of hydrogen-bond donors (Lipinski definition) is 3. The lowest BCUT2D eigenvalue weighted by Gasteiger charge is -2.17. The number of aromatic nitrogens is 6. The Hall–Kier alpha value is -4.05. The fourth-order valence-electron chi connectivity index (χ4n) is 3.65. The third-order valence-electron chi connectivity index (χ3n) is 5.18. The van der Waals surface area contributed by atoms with Gasteiger partial charge in [0.2, 0.25) is 5.95 Å². The molecule has 4 aromatic rings. The molecule has 0 atom stereocenters. The molecule has 170 valence electrons. The number of tetrazole rings is 1. The molecule has 0 aliphatic carbocycles. The van der Waals surface area contributed by atoms with Crippen molar-refractivity contribution in [3.8, 4) is 22.5 Å². The number of nitrogens with one attached hydrogen (secondary N) is 1. The molecule has 4 N–H and O–H groups in total. The zero-order valence-corrected chi connectivity index (χ0v) is 18.6. The number of nitrogen functional groups attached to an aromatic ring is 1. The number of imidazole rings is 1. The first-order chi connectivity index (χ1) is 15.8. The van der Waals surface area contributed by atoms with Gasteiger partial charge in [0.1, 0.15) is 11.3 Å². The van der Waals surface area contributed by atoms with Crippen molar-refractivity contribution in [2.75, 3.05) is 12.3 Å². The van der Waals surface area contributed by atoms with E-state index in [1.807, 2.05) is 48.5 Å². The van der Waals surface area contributed by atoms with Crippen LogP contribution in [0.1, 0.15) is 42.5 Å². The highest BCUT2D eigenvalue weighted by atomic mass is 16.5. The van der Waals surface area contributed by atoms with Crippen molar-refractivity contribution in [2.24, 2.45) is 0 Å². The monoisotopic (exact) mass is 447 g/mol. The van der Waals surface area contributed by atoms with Gasteiger partial charge in [-0.3, -0.25) is 0 Å². The van der Waals surface area contributed by atoms with Crippen LogP contribution >= 0.6 is 0 Å². The van der Waals surface area contributed by atoms with Gasteiger partial charge in [0.25, 0.3) is 0 Å². The van der Waals surface area contributed by atoms with Gasteiger partial charge < -0.3 is 20.1 Å². The minimum absolute atomic E-state index is 0.127. The van der Waals surface area contributed by atoms with E-state index in [2.05, 4.69) is 25.6 Å². The molecule has 0 saturated heterocycles. The topological polar surface area (TPSA) is 145 Å². The molecule has 0 bridgehead atoms. The number of aliphatic hydroxyl groups is 1. The Morgan fingerprint density at radius 3 is 2.45 bits per heavy atom. The second-order valence-electron chi connectivity index (χ2n) is 8.03. The maximum Gasteiger partial charge on any atom is 0.357 e. The number of H-pyrrole nitrogens is 1. The summed E-state index contributed by atoms with van der Waals surface area (Å²) in [5, 5.41) is 24.6. The average molecular weight is 447 g/mol. The molecule has 0 saturated carbocycles. The van der Waals surface area contributed by atoms with Crippen molar-refractivity contribution in [3.63, 3.8) is 0 Å². The molecule has 0 spiro atoms. The molecule has 33 heavy (non-hydrogen) atoms. The van der Waals surface area contributed by atoms with Crippen molar-refractivity contribution in [3.05, 3.63) is 65.5 Å². The number of rotatable bonds is 7. The lowest BCUT2D eigenvalue weighted by atomic mass is 9.98. The molecule has 10 heteroatoms. The Balaban J connectivity index is 1.68. The Morgan fingerprint density at radius 2 is 1.85 bits per heavy atom. The van der Waals surface area contributed by atoms with Gasteiger partial charge in [0.05, 0.1) is 13.2 Å². The standard InChI is InChI=1S/C23H25N7O3/c1-4-33-21(31)18-19(23(2,3)32)25-22(24)30(18)13-14-9-11-15(12-10-14)16-7-5-6-8-17(16)20-26-28-29-27-20/h5-12,32H,4,13H2,1-3H3,(H2,24,25)(H,26,27,28,29). The summed E-state index contributed by atoms with van der Waals surface area (Å²) in [5.41, 5.74) is 8.83. The minimum atomic E-state index is -1.36. The van der Waals surface area contributed by atoms with Gasteiger partial charge in [-0.25, -0.2) is 14.9 Å². The summed E-state index contributed by atoms with van der Waals surface area (Å²) in [6.07, 6.45) is 0. The van der Waals surface area contributed by atoms with E-state index in [4.69, 9.17) is 10.5 Å². The van der Waals surface area contributed by atoms with Gasteiger partial charge in [0.15, 0.2) is 11.5 Å². The lowest BCUT2D eigenvalue weighted by Crippen LogP contribution is -2.23. The number of nitrogens with zero attached hydrogens (tertiary/aromatic N) is 5. The second kappa shape index (κ2) is 8.83. The number of carbonyl (C=O) groups is 1. The van der Waals surface area contributed by atoms with Crippen LogP contribution in [0.3, 0.4) is 0 Å². The number of esters is 1. The van der Waals surface area contributed by atoms with Gasteiger partial charge >= 0.3 is 5.97 Å². The van der Waals surface area contributed by atoms with Crippen LogP contribution in [0.15, 0.2) is 48.5 Å². The van der Waals surface area contributed by atoms with Crippen molar-refractivity contribution < 1.29 is 14.6 Å². The SMILES string of the molecule is CCOC(=O)c1c(C(C)(C)O)nc(N)n1Cc1ccc(-c2ccccc2-c2nnn[nH]2)cc1. The van der Waals surface area contributed by atoms with Crippen LogP contribution in [0.25, 0.3) is 22.5 Å². The Morgan fingerprint density at radius 1 is 1.15 bits per heavy atom. The summed E-state index contributed by atoms with van der Waals surface area (Å²) in [6.45, 7) is 5.31. The molecule has 10 nitrogen and oxygen atoms in total. The molecule has 2 aromatic carbocycles. The number of aromatic amines is 1. The molecule has 2 heterocycles. The summed E-state index contributed by atoms with van der Waals surface area (Å²) >= 11 is 0. The smallest absolute Gasteiger partial charge is 0.357 e. The third kappa shape index (κ3) is 4.46. The maximum atomic E-state index is 12.7. The van der Waals surface area contributed by atoms with Crippen LogP contribution in [0.5, 0.6) is 0 Å². The van der Waals surface area contributed by atoms with Gasteiger partial charge in [-0.2, -0.15) is 0 Å². The van der Waals surface area contributed by atoms with Crippen molar-refractivity contribution in [2.45, 2.75) is 32.9 Å². The van der Waals surface area contributed by atoms with Crippen molar-refractivity contribution in [1.29, 1.82) is 0 Å².